The van der Waals surface area contributed by atoms with Crippen LogP contribution in [0.3, 0.4) is 0 Å². The molecule has 0 N–H and O–H groups in total. The Morgan fingerprint density at radius 1 is 1.11 bits per heavy atom. The van der Waals surface area contributed by atoms with E-state index in [0.29, 0.717) is 28.7 Å². The van der Waals surface area contributed by atoms with Gasteiger partial charge in [0.1, 0.15) is 0 Å². The van der Waals surface area contributed by atoms with Crippen LogP contribution in [0.25, 0.3) is 21.9 Å². The fourth-order valence-electron chi connectivity index (χ4n) is 3.36. The molecular weight excluding hydrogens is 378 g/mol. The predicted octanol–water partition coefficient (Wildman–Crippen LogP) is 3.93. The van der Waals surface area contributed by atoms with Gasteiger partial charge in [-0.2, -0.15) is 10.2 Å². The second kappa shape index (κ2) is 7.24. The van der Waals surface area contributed by atoms with Crippen molar-refractivity contribution in [1.82, 2.24) is 24.5 Å². The molecule has 144 valence electrons. The number of nitrogens with zero attached hydrogens (tertiary/aromatic N) is 5. The Labute approximate surface area is 166 Å². The van der Waals surface area contributed by atoms with Crippen molar-refractivity contribution in [3.8, 4) is 0 Å². The lowest BCUT2D eigenvalue weighted by molar-refractivity contribution is 0.0600. The molecule has 3 heterocycles. The second-order valence-electron chi connectivity index (χ2n) is 7.15. The SMILES string of the molecule is COC(=O)c1cnc2c(cnn2Cc2cc(Cl)cc3cnn(CC(C)C)c23)c1. The molecular formula is C20H20ClN5O2. The largest absolute Gasteiger partial charge is 0.465 e. The number of hydrogen-bond donors (Lipinski definition) is 0. The summed E-state index contributed by atoms with van der Waals surface area (Å²) >= 11 is 6.34. The van der Waals surface area contributed by atoms with Crippen LogP contribution >= 0.6 is 11.6 Å². The van der Waals surface area contributed by atoms with Crippen LogP contribution in [-0.2, 0) is 17.8 Å². The molecule has 0 aliphatic heterocycles. The molecule has 8 heteroatoms. The number of carbonyl (C=O) groups excluding carboxylic acids is 1. The normalized spacial score (nSPS) is 11.6. The Bertz CT molecular complexity index is 1180. The minimum atomic E-state index is -0.420. The van der Waals surface area contributed by atoms with Gasteiger partial charge in [-0.1, -0.05) is 25.4 Å². The van der Waals surface area contributed by atoms with E-state index in [0.717, 1.165) is 28.4 Å². The number of halogens is 1. The monoisotopic (exact) mass is 397 g/mol. The summed E-state index contributed by atoms with van der Waals surface area (Å²) in [4.78, 5) is 16.1. The molecule has 0 aliphatic carbocycles. The number of hydrogen-bond acceptors (Lipinski definition) is 5. The minimum Gasteiger partial charge on any atom is -0.465 e. The zero-order valence-corrected chi connectivity index (χ0v) is 16.6. The van der Waals surface area contributed by atoms with Gasteiger partial charge in [0.2, 0.25) is 0 Å². The Balaban J connectivity index is 1.77. The number of carbonyl (C=O) groups is 1. The van der Waals surface area contributed by atoms with Crippen molar-refractivity contribution in [2.75, 3.05) is 7.11 Å². The van der Waals surface area contributed by atoms with E-state index in [9.17, 15) is 4.79 Å². The van der Waals surface area contributed by atoms with E-state index in [1.54, 1.807) is 16.9 Å². The summed E-state index contributed by atoms with van der Waals surface area (Å²) in [5, 5.41) is 11.4. The van der Waals surface area contributed by atoms with Gasteiger partial charge in [-0.25, -0.2) is 14.5 Å². The summed E-state index contributed by atoms with van der Waals surface area (Å²) in [6, 6.07) is 5.60. The Morgan fingerprint density at radius 2 is 1.86 bits per heavy atom. The van der Waals surface area contributed by atoms with Gasteiger partial charge in [0, 0.05) is 34.1 Å². The predicted molar refractivity (Wildman–Crippen MR) is 108 cm³/mol. The number of aromatic nitrogens is 5. The number of pyridine rings is 1. The van der Waals surface area contributed by atoms with Crippen LogP contribution in [0.2, 0.25) is 5.02 Å². The summed E-state index contributed by atoms with van der Waals surface area (Å²) in [6.07, 6.45) is 5.04. The average molecular weight is 398 g/mol. The molecule has 0 radical (unpaired) electrons. The summed E-state index contributed by atoms with van der Waals surface area (Å²) in [6.45, 7) is 5.63. The molecule has 0 unspecified atom stereocenters. The Kier molecular flexibility index (Phi) is 4.77. The van der Waals surface area contributed by atoms with E-state index in [2.05, 4.69) is 29.0 Å². The first-order valence-corrected chi connectivity index (χ1v) is 9.38. The molecule has 3 aromatic heterocycles. The molecule has 0 saturated carbocycles. The molecule has 1 aromatic carbocycles. The summed E-state index contributed by atoms with van der Waals surface area (Å²) in [5.74, 6) is 0.0480. The van der Waals surface area contributed by atoms with Gasteiger partial charge in [0.05, 0.1) is 37.1 Å². The fraction of sp³-hybridized carbons (Fsp3) is 0.300. The molecule has 0 amide bonds. The van der Waals surface area contributed by atoms with Gasteiger partial charge in [0.25, 0.3) is 0 Å². The van der Waals surface area contributed by atoms with Crippen LogP contribution in [0.4, 0.5) is 0 Å². The van der Waals surface area contributed by atoms with Crippen LogP contribution in [0.1, 0.15) is 29.8 Å². The third-order valence-corrected chi connectivity index (χ3v) is 4.75. The lowest BCUT2D eigenvalue weighted by Crippen LogP contribution is -2.09. The average Bonchev–Trinajstić information content (AvgIpc) is 3.24. The van der Waals surface area contributed by atoms with Crippen molar-refractivity contribution in [1.29, 1.82) is 0 Å². The van der Waals surface area contributed by atoms with Gasteiger partial charge in [-0.15, -0.1) is 0 Å². The summed E-state index contributed by atoms with van der Waals surface area (Å²) < 4.78 is 8.57. The lowest BCUT2D eigenvalue weighted by atomic mass is 10.1. The Hall–Kier alpha value is -2.93. The molecule has 0 spiro atoms. The topological polar surface area (TPSA) is 74.8 Å². The third kappa shape index (κ3) is 3.33. The molecule has 7 nitrogen and oxygen atoms in total. The van der Waals surface area contributed by atoms with E-state index in [4.69, 9.17) is 16.3 Å². The summed E-state index contributed by atoms with van der Waals surface area (Å²) in [5.41, 5.74) is 3.16. The number of rotatable bonds is 5. The number of esters is 1. The van der Waals surface area contributed by atoms with Crippen molar-refractivity contribution < 1.29 is 9.53 Å². The zero-order valence-electron chi connectivity index (χ0n) is 15.9. The van der Waals surface area contributed by atoms with Crippen molar-refractivity contribution in [3.05, 3.63) is 52.9 Å². The maximum atomic E-state index is 11.7. The van der Waals surface area contributed by atoms with Gasteiger partial charge in [-0.05, 0) is 24.1 Å². The standard InChI is InChI=1S/C20H20ClN5O2/c1-12(2)10-25-18-13(8-23-25)5-17(21)6-16(18)11-26-19-14(9-24-26)4-15(7-22-19)20(27)28-3/h4-9,12H,10-11H2,1-3H3. The minimum absolute atomic E-state index is 0.398. The number of benzene rings is 1. The van der Waals surface area contributed by atoms with Gasteiger partial charge in [0.15, 0.2) is 5.65 Å². The fourth-order valence-corrected chi connectivity index (χ4v) is 3.61. The van der Waals surface area contributed by atoms with E-state index >= 15 is 0 Å². The molecule has 0 saturated heterocycles. The van der Waals surface area contributed by atoms with Gasteiger partial charge in [-0.3, -0.25) is 4.68 Å². The van der Waals surface area contributed by atoms with E-state index in [1.807, 2.05) is 23.0 Å². The molecule has 0 fully saturated rings. The van der Waals surface area contributed by atoms with Crippen molar-refractivity contribution in [2.45, 2.75) is 26.9 Å². The molecule has 4 rings (SSSR count). The number of methoxy groups -OCH3 is 1. The van der Waals surface area contributed by atoms with Crippen LogP contribution in [-0.4, -0.2) is 37.6 Å². The van der Waals surface area contributed by atoms with Gasteiger partial charge < -0.3 is 4.74 Å². The first kappa shape index (κ1) is 18.4. The van der Waals surface area contributed by atoms with E-state index in [1.165, 1.54) is 13.3 Å². The Morgan fingerprint density at radius 3 is 2.61 bits per heavy atom. The zero-order chi connectivity index (χ0) is 19.8. The maximum absolute atomic E-state index is 11.7. The number of fused-ring (bicyclic) bond motifs is 2. The number of ether oxygens (including phenoxy) is 1. The van der Waals surface area contributed by atoms with Crippen molar-refractivity contribution in [2.24, 2.45) is 5.92 Å². The van der Waals surface area contributed by atoms with Crippen molar-refractivity contribution >= 4 is 39.5 Å². The lowest BCUT2D eigenvalue weighted by Gasteiger charge is -2.11. The van der Waals surface area contributed by atoms with Crippen LogP contribution in [0.15, 0.2) is 36.8 Å². The second-order valence-corrected chi connectivity index (χ2v) is 7.59. The first-order chi connectivity index (χ1) is 13.5. The highest BCUT2D eigenvalue weighted by Crippen LogP contribution is 2.26. The molecule has 0 bridgehead atoms. The van der Waals surface area contributed by atoms with E-state index in [-0.39, 0.29) is 0 Å². The van der Waals surface area contributed by atoms with Crippen LogP contribution in [0.5, 0.6) is 0 Å². The summed E-state index contributed by atoms with van der Waals surface area (Å²) in [7, 11) is 1.35. The smallest absolute Gasteiger partial charge is 0.339 e. The maximum Gasteiger partial charge on any atom is 0.339 e. The van der Waals surface area contributed by atoms with E-state index < -0.39 is 5.97 Å². The van der Waals surface area contributed by atoms with Crippen LogP contribution < -0.4 is 0 Å². The molecule has 4 aromatic rings. The molecule has 0 atom stereocenters. The highest BCUT2D eigenvalue weighted by Gasteiger charge is 2.15. The van der Waals surface area contributed by atoms with Gasteiger partial charge >= 0.3 is 5.97 Å². The highest BCUT2D eigenvalue weighted by atomic mass is 35.5. The third-order valence-electron chi connectivity index (χ3n) is 4.53. The molecule has 0 aliphatic rings. The van der Waals surface area contributed by atoms with Crippen molar-refractivity contribution in [3.63, 3.8) is 0 Å². The molecule has 28 heavy (non-hydrogen) atoms. The quantitative estimate of drug-likeness (QED) is 0.477. The van der Waals surface area contributed by atoms with Crippen LogP contribution in [0, 0.1) is 5.92 Å². The highest BCUT2D eigenvalue weighted by molar-refractivity contribution is 6.31. The first-order valence-electron chi connectivity index (χ1n) is 9.00.